The number of hydrogen-bond donors (Lipinski definition) is 3. The number of H-pyrrole nitrogens is 1. The van der Waals surface area contributed by atoms with Crippen molar-refractivity contribution in [2.24, 2.45) is 28.4 Å². The maximum Gasteiger partial charge on any atom is 0.251 e. The minimum absolute atomic E-state index is 0.00834. The van der Waals surface area contributed by atoms with E-state index in [1.54, 1.807) is 6.92 Å². The summed E-state index contributed by atoms with van der Waals surface area (Å²) in [6, 6.07) is 4.36. The van der Waals surface area contributed by atoms with Gasteiger partial charge in [-0.05, 0) is 68.2 Å². The van der Waals surface area contributed by atoms with Gasteiger partial charge in [-0.25, -0.2) is 0 Å². The lowest BCUT2D eigenvalue weighted by Gasteiger charge is -2.31. The number of carbonyl (C=O) groups excluding carboxylic acids is 3. The van der Waals surface area contributed by atoms with Crippen LogP contribution in [0.2, 0.25) is 0 Å². The van der Waals surface area contributed by atoms with Gasteiger partial charge in [-0.2, -0.15) is 5.26 Å². The normalized spacial score (nSPS) is 27.7. The number of aromatic amines is 1. The van der Waals surface area contributed by atoms with E-state index in [1.165, 1.54) is 0 Å². The van der Waals surface area contributed by atoms with Gasteiger partial charge in [-0.3, -0.25) is 14.4 Å². The number of nitriles is 1. The summed E-state index contributed by atoms with van der Waals surface area (Å²) in [4.78, 5) is 42.9. The Morgan fingerprint density at radius 2 is 2.02 bits per heavy atom. The standard InChI is InChI=1S/C35H39N5O3/c1-20-25(6-5-7-29(20)39-33(43)23-10-13-35(18-24(35)16-23)34(3,4)19-36)26-8-9-27(32(37)42)31-28(26)17-30(38-31)22-11-14-40(15-12-22)21(2)41/h5-7,10-11,13,16-17,20,24,29,38H,8-9,12,14-15,18H2,1-4H3,(H2,37,42)(H,39,43)/t20?,24?,29-,35?/m1/s1. The summed E-state index contributed by atoms with van der Waals surface area (Å²) in [5, 5.41) is 14.6. The molecule has 0 aromatic carbocycles. The molecule has 4 aliphatic carbocycles. The average molecular weight is 578 g/mol. The molecule has 222 valence electrons. The average Bonchev–Trinajstić information content (AvgIpc) is 3.59. The second-order valence-corrected chi connectivity index (χ2v) is 13.1. The van der Waals surface area contributed by atoms with Crippen molar-refractivity contribution in [1.82, 2.24) is 15.2 Å². The first-order chi connectivity index (χ1) is 20.5. The Morgan fingerprint density at radius 1 is 1.23 bits per heavy atom. The van der Waals surface area contributed by atoms with Gasteiger partial charge in [0.1, 0.15) is 0 Å². The molecule has 3 amide bonds. The quantitative estimate of drug-likeness (QED) is 0.480. The van der Waals surface area contributed by atoms with Crippen molar-refractivity contribution in [2.75, 3.05) is 13.1 Å². The summed E-state index contributed by atoms with van der Waals surface area (Å²) in [6.07, 6.45) is 17.0. The van der Waals surface area contributed by atoms with Crippen LogP contribution in [0.1, 0.15) is 59.1 Å². The lowest BCUT2D eigenvalue weighted by atomic mass is 9.73. The third kappa shape index (κ3) is 4.81. The van der Waals surface area contributed by atoms with Crippen molar-refractivity contribution in [2.45, 2.75) is 59.4 Å². The molecule has 1 aliphatic heterocycles. The number of amides is 3. The molecule has 0 bridgehead atoms. The summed E-state index contributed by atoms with van der Waals surface area (Å²) < 4.78 is 0. The first-order valence-electron chi connectivity index (χ1n) is 15.2. The molecule has 1 fully saturated rings. The number of allylic oxidation sites excluding steroid dienone is 4. The number of hydrogen-bond acceptors (Lipinski definition) is 4. The zero-order valence-corrected chi connectivity index (χ0v) is 25.3. The van der Waals surface area contributed by atoms with Crippen LogP contribution in [0.25, 0.3) is 16.7 Å². The second kappa shape index (κ2) is 10.4. The Kier molecular flexibility index (Phi) is 6.95. The third-order valence-electron chi connectivity index (χ3n) is 10.3. The van der Waals surface area contributed by atoms with Gasteiger partial charge in [0.05, 0.1) is 22.9 Å². The smallest absolute Gasteiger partial charge is 0.251 e. The number of aromatic nitrogens is 1. The van der Waals surface area contributed by atoms with Crippen LogP contribution in [0.5, 0.6) is 0 Å². The largest absolute Gasteiger partial charge is 0.366 e. The third-order valence-corrected chi connectivity index (χ3v) is 10.3. The summed E-state index contributed by atoms with van der Waals surface area (Å²) in [5.74, 6) is -0.248. The van der Waals surface area contributed by atoms with Gasteiger partial charge in [0.2, 0.25) is 11.8 Å². The van der Waals surface area contributed by atoms with Gasteiger partial charge in [-0.1, -0.05) is 49.5 Å². The molecule has 6 rings (SSSR count). The van der Waals surface area contributed by atoms with E-state index in [9.17, 15) is 19.6 Å². The van der Waals surface area contributed by atoms with Gasteiger partial charge in [0.15, 0.2) is 0 Å². The van der Waals surface area contributed by atoms with Crippen molar-refractivity contribution in [3.05, 3.63) is 76.0 Å². The molecule has 4 atom stereocenters. The maximum atomic E-state index is 13.4. The van der Waals surface area contributed by atoms with Crippen molar-refractivity contribution in [3.63, 3.8) is 0 Å². The second-order valence-electron chi connectivity index (χ2n) is 13.1. The molecule has 8 heteroatoms. The van der Waals surface area contributed by atoms with Crippen LogP contribution in [0, 0.1) is 34.0 Å². The molecule has 2 heterocycles. The molecular formula is C35H39N5O3. The highest BCUT2D eigenvalue weighted by atomic mass is 16.2. The molecule has 5 aliphatic rings. The lowest BCUT2D eigenvalue weighted by Crippen LogP contribution is -2.42. The molecular weight excluding hydrogens is 538 g/mol. The highest BCUT2D eigenvalue weighted by Crippen LogP contribution is 2.66. The van der Waals surface area contributed by atoms with Gasteiger partial charge >= 0.3 is 0 Å². The molecule has 1 aromatic heterocycles. The van der Waals surface area contributed by atoms with E-state index in [2.05, 4.69) is 47.6 Å². The molecule has 8 nitrogen and oxygen atoms in total. The van der Waals surface area contributed by atoms with E-state index in [-0.39, 0.29) is 35.1 Å². The fourth-order valence-corrected chi connectivity index (χ4v) is 7.33. The number of rotatable bonds is 6. The predicted octanol–water partition coefficient (Wildman–Crippen LogP) is 2.90. The van der Waals surface area contributed by atoms with Crippen molar-refractivity contribution in [3.8, 4) is 6.07 Å². The molecule has 0 spiro atoms. The first kappa shape index (κ1) is 28.7. The minimum Gasteiger partial charge on any atom is -0.366 e. The Labute approximate surface area is 252 Å². The fraction of sp³-hybridized carbons (Fsp3) is 0.429. The number of nitrogens with zero attached hydrogens (tertiary/aromatic N) is 2. The molecule has 4 N–H and O–H groups in total. The monoisotopic (exact) mass is 577 g/mol. The lowest BCUT2D eigenvalue weighted by molar-refractivity contribution is -0.128. The van der Waals surface area contributed by atoms with E-state index in [0.717, 1.165) is 45.8 Å². The van der Waals surface area contributed by atoms with Gasteiger partial charge in [0, 0.05) is 53.4 Å². The summed E-state index contributed by atoms with van der Waals surface area (Å²) >= 11 is 0. The summed E-state index contributed by atoms with van der Waals surface area (Å²) in [7, 11) is 0. The van der Waals surface area contributed by atoms with Crippen molar-refractivity contribution in [1.29, 1.82) is 5.26 Å². The molecule has 43 heavy (non-hydrogen) atoms. The highest BCUT2D eigenvalue weighted by Gasteiger charge is 2.61. The van der Waals surface area contributed by atoms with Crippen LogP contribution in [-0.4, -0.2) is 46.7 Å². The van der Waals surface area contributed by atoms with Crippen LogP contribution in [0.3, 0.4) is 0 Å². The van der Waals surface area contributed by atoms with Gasteiger partial charge in [0.25, 0.3) is 5.91 Å². The number of nitrogens with two attached hydrogens (primary N) is 1. The van der Waals surface area contributed by atoms with Crippen LogP contribution >= 0.6 is 0 Å². The molecule has 1 saturated carbocycles. The van der Waals surface area contributed by atoms with Crippen molar-refractivity contribution >= 4 is 34.4 Å². The fourth-order valence-electron chi connectivity index (χ4n) is 7.33. The van der Waals surface area contributed by atoms with Crippen LogP contribution < -0.4 is 21.6 Å². The van der Waals surface area contributed by atoms with Crippen LogP contribution in [-0.2, 0) is 14.4 Å². The topological polar surface area (TPSA) is 132 Å². The summed E-state index contributed by atoms with van der Waals surface area (Å²) in [5.41, 5.74) is 10.8. The van der Waals surface area contributed by atoms with Gasteiger partial charge in [-0.15, -0.1) is 0 Å². The van der Waals surface area contributed by atoms with Crippen LogP contribution in [0.15, 0.2) is 59.7 Å². The van der Waals surface area contributed by atoms with Gasteiger partial charge < -0.3 is 20.9 Å². The van der Waals surface area contributed by atoms with Crippen molar-refractivity contribution < 1.29 is 14.4 Å². The van der Waals surface area contributed by atoms with E-state index >= 15 is 0 Å². The zero-order valence-electron chi connectivity index (χ0n) is 25.3. The molecule has 0 saturated heterocycles. The van der Waals surface area contributed by atoms with E-state index in [0.29, 0.717) is 37.1 Å². The Hall–Kier alpha value is -4.38. The predicted molar refractivity (Wildman–Crippen MR) is 166 cm³/mol. The number of nitrogens with one attached hydrogen (secondary N) is 2. The number of carbonyl (C=O) groups is 3. The zero-order chi connectivity index (χ0) is 30.7. The Bertz CT molecular complexity index is 1760. The molecule has 1 aromatic rings. The van der Waals surface area contributed by atoms with E-state index in [1.807, 2.05) is 43.1 Å². The Balaban J connectivity index is 1.27. The highest BCUT2D eigenvalue weighted by molar-refractivity contribution is 6.12. The van der Waals surface area contributed by atoms with Crippen LogP contribution in [0.4, 0.5) is 0 Å². The van der Waals surface area contributed by atoms with E-state index in [4.69, 9.17) is 5.73 Å². The van der Waals surface area contributed by atoms with E-state index < -0.39 is 11.3 Å². The number of primary amides is 1. The first-order valence-corrected chi connectivity index (χ1v) is 15.2. The Morgan fingerprint density at radius 3 is 2.67 bits per heavy atom. The SMILES string of the molecule is CC(=O)N1CC=C(c2cc3c([nH]2)=C(C(N)=O)CCC=3C2=CC=C[C@@H](NC(=O)C3=CC4CC4(C(C)(C)C#N)C=C3)C2C)CC1. The number of fused-ring (bicyclic) bond motifs is 2. The molecule has 3 unspecified atom stereocenters. The minimum atomic E-state index is -0.477. The maximum absolute atomic E-state index is 13.4. The summed E-state index contributed by atoms with van der Waals surface area (Å²) in [6.45, 7) is 8.88. The molecule has 0 radical (unpaired) electrons.